The van der Waals surface area contributed by atoms with Gasteiger partial charge >= 0.3 is 0 Å². The minimum absolute atomic E-state index is 0.0753. The van der Waals surface area contributed by atoms with Gasteiger partial charge in [0.2, 0.25) is 11.0 Å². The van der Waals surface area contributed by atoms with Crippen LogP contribution in [-0.4, -0.2) is 27.8 Å². The van der Waals surface area contributed by atoms with Crippen LogP contribution in [0, 0.1) is 6.92 Å². The van der Waals surface area contributed by atoms with Crippen LogP contribution < -0.4 is 10.6 Å². The van der Waals surface area contributed by atoms with Crippen LogP contribution in [0.5, 0.6) is 0 Å². The number of nitrogens with one attached hydrogen (secondary N) is 2. The minimum atomic E-state index is -0.198. The van der Waals surface area contributed by atoms with E-state index in [-0.39, 0.29) is 17.6 Å². The lowest BCUT2D eigenvalue weighted by Crippen LogP contribution is -2.24. The molecule has 2 amide bonds. The van der Waals surface area contributed by atoms with Gasteiger partial charge in [0.05, 0.1) is 10.6 Å². The Balaban J connectivity index is 1.44. The van der Waals surface area contributed by atoms with Gasteiger partial charge in [-0.2, -0.15) is 0 Å². The predicted octanol–water partition coefficient (Wildman–Crippen LogP) is 3.57. The number of thioether (sulfide) groups is 1. The normalized spacial score (nSPS) is 10.5. The van der Waals surface area contributed by atoms with Crippen molar-refractivity contribution < 1.29 is 9.59 Å². The van der Waals surface area contributed by atoms with E-state index in [9.17, 15) is 9.59 Å². The Morgan fingerprint density at radius 3 is 2.73 bits per heavy atom. The molecule has 2 aromatic heterocycles. The fraction of sp³-hybridized carbons (Fsp3) is 0.176. The summed E-state index contributed by atoms with van der Waals surface area (Å²) in [5, 5.41) is 15.9. The third-order valence-electron chi connectivity index (χ3n) is 3.24. The Kier molecular flexibility index (Phi) is 6.37. The summed E-state index contributed by atoms with van der Waals surface area (Å²) in [6, 6.07) is 11.6. The van der Waals surface area contributed by atoms with Crippen LogP contribution in [0.3, 0.4) is 0 Å². The molecule has 0 aliphatic heterocycles. The lowest BCUT2D eigenvalue weighted by Gasteiger charge is -2.03. The monoisotopic (exact) mass is 404 g/mol. The zero-order valence-corrected chi connectivity index (χ0v) is 16.3. The molecule has 0 fully saturated rings. The zero-order valence-electron chi connectivity index (χ0n) is 13.9. The predicted molar refractivity (Wildman–Crippen MR) is 106 cm³/mol. The van der Waals surface area contributed by atoms with Gasteiger partial charge in [-0.3, -0.25) is 14.9 Å². The molecule has 0 radical (unpaired) electrons. The third kappa shape index (κ3) is 5.38. The maximum Gasteiger partial charge on any atom is 0.267 e. The second-order valence-corrected chi connectivity index (χ2v) is 8.48. The average molecular weight is 405 g/mol. The molecule has 6 nitrogen and oxygen atoms in total. The molecule has 0 aliphatic rings. The van der Waals surface area contributed by atoms with Crippen molar-refractivity contribution >= 4 is 51.4 Å². The molecule has 0 spiro atoms. The fourth-order valence-electron chi connectivity index (χ4n) is 2.00. The maximum atomic E-state index is 12.1. The molecule has 0 unspecified atom stereocenters. The highest BCUT2D eigenvalue weighted by molar-refractivity contribution is 8.01. The van der Waals surface area contributed by atoms with E-state index in [1.165, 1.54) is 34.4 Å². The van der Waals surface area contributed by atoms with Gasteiger partial charge < -0.3 is 5.32 Å². The van der Waals surface area contributed by atoms with Gasteiger partial charge in [-0.05, 0) is 29.5 Å². The second-order valence-electron chi connectivity index (χ2n) is 5.37. The molecule has 2 N–H and O–H groups in total. The molecule has 1 aromatic carbocycles. The Morgan fingerprint density at radius 1 is 1.19 bits per heavy atom. The van der Waals surface area contributed by atoms with Crippen molar-refractivity contribution in [2.24, 2.45) is 0 Å². The van der Waals surface area contributed by atoms with Gasteiger partial charge in [0.1, 0.15) is 0 Å². The van der Waals surface area contributed by atoms with E-state index < -0.39 is 0 Å². The molecule has 0 aliphatic carbocycles. The molecule has 9 heteroatoms. The number of hydrogen-bond acceptors (Lipinski definition) is 7. The highest BCUT2D eigenvalue weighted by Gasteiger charge is 2.13. The summed E-state index contributed by atoms with van der Waals surface area (Å²) in [5.74, 6) is -0.0235. The molecule has 26 heavy (non-hydrogen) atoms. The Morgan fingerprint density at radius 2 is 2.00 bits per heavy atom. The first kappa shape index (κ1) is 18.6. The molecular formula is C17H16N4O2S3. The van der Waals surface area contributed by atoms with Crippen molar-refractivity contribution in [3.05, 3.63) is 57.8 Å². The molecule has 2 heterocycles. The Hall–Kier alpha value is -2.23. The molecular weight excluding hydrogens is 388 g/mol. The highest BCUT2D eigenvalue weighted by atomic mass is 32.2. The van der Waals surface area contributed by atoms with Crippen molar-refractivity contribution in [2.75, 3.05) is 11.1 Å². The van der Waals surface area contributed by atoms with Crippen LogP contribution in [0.15, 0.2) is 46.1 Å². The number of carbonyl (C=O) groups excluding carboxylic acids is 2. The standard InChI is InChI=1S/C17H16N4O2S3/c1-11-7-13(24-9-11)15(23)19-16-20-21-17(26-16)25-10-14(22)18-8-12-5-3-2-4-6-12/h2-7,9H,8,10H2,1H3,(H,18,22)(H,19,20,23). The summed E-state index contributed by atoms with van der Waals surface area (Å²) in [4.78, 5) is 24.6. The van der Waals surface area contributed by atoms with Crippen molar-refractivity contribution in [2.45, 2.75) is 17.8 Å². The molecule has 134 valence electrons. The first-order valence-corrected chi connectivity index (χ1v) is 10.4. The largest absolute Gasteiger partial charge is 0.351 e. The first-order valence-electron chi connectivity index (χ1n) is 7.73. The number of aryl methyl sites for hydroxylation is 1. The van der Waals surface area contributed by atoms with Gasteiger partial charge in [0.25, 0.3) is 5.91 Å². The maximum absolute atomic E-state index is 12.1. The van der Waals surface area contributed by atoms with Crippen molar-refractivity contribution in [3.8, 4) is 0 Å². The van der Waals surface area contributed by atoms with E-state index in [0.29, 0.717) is 20.9 Å². The lowest BCUT2D eigenvalue weighted by molar-refractivity contribution is -0.118. The minimum Gasteiger partial charge on any atom is -0.351 e. The first-order chi connectivity index (χ1) is 12.6. The van der Waals surface area contributed by atoms with Crippen LogP contribution in [0.1, 0.15) is 20.8 Å². The van der Waals surface area contributed by atoms with Gasteiger partial charge in [-0.15, -0.1) is 21.5 Å². The SMILES string of the molecule is Cc1csc(C(=O)Nc2nnc(SCC(=O)NCc3ccccc3)s2)c1. The number of rotatable bonds is 7. The van der Waals surface area contributed by atoms with Crippen molar-refractivity contribution in [1.82, 2.24) is 15.5 Å². The van der Waals surface area contributed by atoms with E-state index >= 15 is 0 Å². The number of amides is 2. The van der Waals surface area contributed by atoms with Crippen LogP contribution in [0.25, 0.3) is 0 Å². The van der Waals surface area contributed by atoms with E-state index in [2.05, 4.69) is 20.8 Å². The topological polar surface area (TPSA) is 84.0 Å². The number of thiophene rings is 1. The van der Waals surface area contributed by atoms with Crippen LogP contribution >= 0.6 is 34.4 Å². The van der Waals surface area contributed by atoms with Gasteiger partial charge in [0, 0.05) is 6.54 Å². The number of aromatic nitrogens is 2. The average Bonchev–Trinajstić information content (AvgIpc) is 3.28. The van der Waals surface area contributed by atoms with Crippen LogP contribution in [0.2, 0.25) is 0 Å². The van der Waals surface area contributed by atoms with Crippen molar-refractivity contribution in [1.29, 1.82) is 0 Å². The number of benzene rings is 1. The summed E-state index contributed by atoms with van der Waals surface area (Å²) in [5.41, 5.74) is 2.10. The second kappa shape index (κ2) is 8.93. The molecule has 0 saturated carbocycles. The number of nitrogens with zero attached hydrogens (tertiary/aromatic N) is 2. The van der Waals surface area contributed by atoms with Crippen LogP contribution in [0.4, 0.5) is 5.13 Å². The summed E-state index contributed by atoms with van der Waals surface area (Å²) in [6.45, 7) is 2.44. The Bertz CT molecular complexity index is 892. The molecule has 3 rings (SSSR count). The van der Waals surface area contributed by atoms with Gasteiger partial charge in [-0.25, -0.2) is 0 Å². The number of anilines is 1. The zero-order chi connectivity index (χ0) is 18.4. The van der Waals surface area contributed by atoms with Crippen LogP contribution in [-0.2, 0) is 11.3 Å². The van der Waals surface area contributed by atoms with Crippen molar-refractivity contribution in [3.63, 3.8) is 0 Å². The lowest BCUT2D eigenvalue weighted by atomic mass is 10.2. The van der Waals surface area contributed by atoms with Gasteiger partial charge in [-0.1, -0.05) is 53.4 Å². The number of hydrogen-bond donors (Lipinski definition) is 2. The third-order valence-corrected chi connectivity index (χ3v) is 6.26. The van der Waals surface area contributed by atoms with E-state index in [0.717, 1.165) is 11.1 Å². The smallest absolute Gasteiger partial charge is 0.267 e. The Labute approximate surface area is 163 Å². The fourth-order valence-corrected chi connectivity index (χ4v) is 4.37. The quantitative estimate of drug-likeness (QED) is 0.465. The van der Waals surface area contributed by atoms with E-state index in [4.69, 9.17) is 0 Å². The van der Waals surface area contributed by atoms with E-state index in [1.807, 2.05) is 48.7 Å². The summed E-state index contributed by atoms with van der Waals surface area (Å²) >= 11 is 3.94. The molecule has 0 atom stereocenters. The summed E-state index contributed by atoms with van der Waals surface area (Å²) in [6.07, 6.45) is 0. The number of carbonyl (C=O) groups is 2. The molecule has 0 bridgehead atoms. The van der Waals surface area contributed by atoms with Gasteiger partial charge in [0.15, 0.2) is 4.34 Å². The molecule has 0 saturated heterocycles. The summed E-state index contributed by atoms with van der Waals surface area (Å²) < 4.78 is 0.637. The summed E-state index contributed by atoms with van der Waals surface area (Å²) in [7, 11) is 0. The molecule has 3 aromatic rings. The van der Waals surface area contributed by atoms with E-state index in [1.54, 1.807) is 0 Å². The highest BCUT2D eigenvalue weighted by Crippen LogP contribution is 2.26.